The minimum absolute atomic E-state index is 0.0712. The van der Waals surface area contributed by atoms with Crippen molar-refractivity contribution in [3.05, 3.63) is 46.4 Å². The van der Waals surface area contributed by atoms with Crippen LogP contribution in [0.5, 0.6) is 11.5 Å². The Balaban J connectivity index is 1.64. The molecule has 0 atom stereocenters. The van der Waals surface area contributed by atoms with Crippen molar-refractivity contribution in [1.82, 2.24) is 0 Å². The Bertz CT molecular complexity index is 1030. The summed E-state index contributed by atoms with van der Waals surface area (Å²) in [5.74, 6) is 0.142. The first-order valence-corrected chi connectivity index (χ1v) is 14.3. The van der Waals surface area contributed by atoms with E-state index in [1.807, 2.05) is 0 Å². The molecule has 2 aromatic rings. The third-order valence-electron chi connectivity index (χ3n) is 3.68. The molecule has 32 heavy (non-hydrogen) atoms. The standard InChI is InChI=1S/C18H18Cl4O8S2/c19-13-1-3-15(17(11-13)31(21,23)24)29-9-7-27-5-6-28-8-10-30-16-4-2-14(20)12-18(16)32(22,25)26/h1-4,11-12H,5-10H2. The molecule has 0 N–H and O–H groups in total. The SMILES string of the molecule is O=S(=O)(Cl)c1cc(Cl)ccc1OCCOCCOCCOc1ccc(Cl)cc1S(=O)(=O)Cl. The maximum Gasteiger partial charge on any atom is 0.265 e. The molecule has 0 heterocycles. The Hall–Kier alpha value is -0.980. The number of ether oxygens (including phenoxy) is 4. The minimum atomic E-state index is -4.01. The highest BCUT2D eigenvalue weighted by Gasteiger charge is 2.18. The fourth-order valence-electron chi connectivity index (χ4n) is 2.33. The van der Waals surface area contributed by atoms with Crippen LogP contribution in [-0.2, 0) is 27.6 Å². The van der Waals surface area contributed by atoms with Crippen LogP contribution in [0.4, 0.5) is 0 Å². The van der Waals surface area contributed by atoms with E-state index < -0.39 is 18.1 Å². The van der Waals surface area contributed by atoms with Crippen LogP contribution in [0.15, 0.2) is 46.2 Å². The Morgan fingerprint density at radius 1 is 0.594 bits per heavy atom. The number of hydrogen-bond donors (Lipinski definition) is 0. The number of halogens is 4. The molecule has 0 unspecified atom stereocenters. The number of rotatable bonds is 13. The summed E-state index contributed by atoms with van der Waals surface area (Å²) in [5, 5.41) is 0.427. The van der Waals surface area contributed by atoms with Gasteiger partial charge in [0.15, 0.2) is 0 Å². The Labute approximate surface area is 205 Å². The van der Waals surface area contributed by atoms with Gasteiger partial charge in [-0.05, 0) is 36.4 Å². The summed E-state index contributed by atoms with van der Waals surface area (Å²) in [7, 11) is 2.72. The molecule has 178 valence electrons. The van der Waals surface area contributed by atoms with Gasteiger partial charge in [-0.3, -0.25) is 0 Å². The van der Waals surface area contributed by atoms with Gasteiger partial charge < -0.3 is 18.9 Å². The van der Waals surface area contributed by atoms with Gasteiger partial charge in [-0.2, -0.15) is 0 Å². The summed E-state index contributed by atoms with van der Waals surface area (Å²) in [4.78, 5) is -0.443. The first-order chi connectivity index (χ1) is 15.0. The van der Waals surface area contributed by atoms with Crippen LogP contribution >= 0.6 is 44.6 Å². The lowest BCUT2D eigenvalue weighted by molar-refractivity contribution is 0.0268. The fourth-order valence-corrected chi connectivity index (χ4v) is 4.79. The zero-order chi connectivity index (χ0) is 23.8. The molecule has 2 aromatic carbocycles. The van der Waals surface area contributed by atoms with Crippen LogP contribution in [0.2, 0.25) is 10.0 Å². The van der Waals surface area contributed by atoms with Crippen LogP contribution in [0.25, 0.3) is 0 Å². The molecule has 0 saturated heterocycles. The predicted octanol–water partition coefficient (Wildman–Crippen LogP) is 4.34. The molecule has 0 aliphatic heterocycles. The van der Waals surface area contributed by atoms with Gasteiger partial charge in [0, 0.05) is 31.4 Å². The summed E-state index contributed by atoms with van der Waals surface area (Å²) in [5.41, 5.74) is 0. The lowest BCUT2D eigenvalue weighted by atomic mass is 10.3. The summed E-state index contributed by atoms with van der Waals surface area (Å²) >= 11 is 11.6. The van der Waals surface area contributed by atoms with Gasteiger partial charge in [-0.15, -0.1) is 0 Å². The van der Waals surface area contributed by atoms with Crippen LogP contribution in [0.1, 0.15) is 0 Å². The van der Waals surface area contributed by atoms with E-state index in [2.05, 4.69) is 0 Å². The molecule has 0 spiro atoms. The highest BCUT2D eigenvalue weighted by molar-refractivity contribution is 8.14. The molecule has 0 aromatic heterocycles. The molecule has 0 saturated carbocycles. The molecule has 0 fully saturated rings. The Kier molecular flexibility index (Phi) is 10.6. The van der Waals surface area contributed by atoms with E-state index in [1.54, 1.807) is 0 Å². The van der Waals surface area contributed by atoms with Gasteiger partial charge in [0.05, 0.1) is 26.4 Å². The van der Waals surface area contributed by atoms with Crippen molar-refractivity contribution >= 4 is 62.7 Å². The maximum atomic E-state index is 11.6. The first kappa shape index (κ1) is 27.3. The van der Waals surface area contributed by atoms with Crippen molar-refractivity contribution in [1.29, 1.82) is 0 Å². The highest BCUT2D eigenvalue weighted by Crippen LogP contribution is 2.30. The zero-order valence-electron chi connectivity index (χ0n) is 16.3. The van der Waals surface area contributed by atoms with Crippen molar-refractivity contribution in [3.8, 4) is 11.5 Å². The normalized spacial score (nSPS) is 12.0. The molecular formula is C18H18Cl4O8S2. The van der Waals surface area contributed by atoms with E-state index in [9.17, 15) is 16.8 Å². The monoisotopic (exact) mass is 566 g/mol. The third-order valence-corrected chi connectivity index (χ3v) is 6.84. The highest BCUT2D eigenvalue weighted by atomic mass is 35.7. The quantitative estimate of drug-likeness (QED) is 0.260. The molecule has 0 bridgehead atoms. The Morgan fingerprint density at radius 3 is 1.28 bits per heavy atom. The summed E-state index contributed by atoms with van der Waals surface area (Å²) < 4.78 is 67.7. The second-order valence-electron chi connectivity index (χ2n) is 5.98. The topological polar surface area (TPSA) is 105 Å². The van der Waals surface area contributed by atoms with Gasteiger partial charge in [0.1, 0.15) is 34.5 Å². The van der Waals surface area contributed by atoms with E-state index in [0.717, 1.165) is 0 Å². The molecule has 0 radical (unpaired) electrons. The molecular weight excluding hydrogens is 550 g/mol. The smallest absolute Gasteiger partial charge is 0.265 e. The second kappa shape index (κ2) is 12.5. The molecule has 0 aliphatic carbocycles. The third kappa shape index (κ3) is 9.11. The lowest BCUT2D eigenvalue weighted by Gasteiger charge is -2.11. The average Bonchev–Trinajstić information content (AvgIpc) is 2.69. The lowest BCUT2D eigenvalue weighted by Crippen LogP contribution is -2.14. The molecule has 0 aliphatic rings. The molecule has 2 rings (SSSR count). The Morgan fingerprint density at radius 2 is 0.938 bits per heavy atom. The van der Waals surface area contributed by atoms with E-state index in [1.165, 1.54) is 36.4 Å². The summed E-state index contributed by atoms with van der Waals surface area (Å²) in [6.07, 6.45) is 0. The van der Waals surface area contributed by atoms with E-state index >= 15 is 0 Å². The summed E-state index contributed by atoms with van der Waals surface area (Å²) in [6, 6.07) is 8.17. The van der Waals surface area contributed by atoms with Crippen LogP contribution in [0, 0.1) is 0 Å². The van der Waals surface area contributed by atoms with Gasteiger partial charge in [-0.1, -0.05) is 23.2 Å². The number of benzene rings is 2. The largest absolute Gasteiger partial charge is 0.490 e. The van der Waals surface area contributed by atoms with Crippen LogP contribution < -0.4 is 9.47 Å². The fraction of sp³-hybridized carbons (Fsp3) is 0.333. The average molecular weight is 568 g/mol. The van der Waals surface area contributed by atoms with Gasteiger partial charge in [0.2, 0.25) is 0 Å². The van der Waals surface area contributed by atoms with Crippen molar-refractivity contribution in [3.63, 3.8) is 0 Å². The van der Waals surface area contributed by atoms with E-state index in [0.29, 0.717) is 0 Å². The second-order valence-corrected chi connectivity index (χ2v) is 11.9. The van der Waals surface area contributed by atoms with Gasteiger partial charge in [-0.25, -0.2) is 16.8 Å². The van der Waals surface area contributed by atoms with Crippen molar-refractivity contribution in [2.24, 2.45) is 0 Å². The van der Waals surface area contributed by atoms with Gasteiger partial charge >= 0.3 is 0 Å². The van der Waals surface area contributed by atoms with Crippen molar-refractivity contribution in [2.75, 3.05) is 39.6 Å². The minimum Gasteiger partial charge on any atom is -0.490 e. The maximum absolute atomic E-state index is 11.6. The van der Waals surface area contributed by atoms with Crippen molar-refractivity contribution in [2.45, 2.75) is 9.79 Å². The van der Waals surface area contributed by atoms with Crippen LogP contribution in [0.3, 0.4) is 0 Å². The molecule has 14 heteroatoms. The van der Waals surface area contributed by atoms with E-state index in [-0.39, 0.29) is 71.0 Å². The molecule has 8 nitrogen and oxygen atoms in total. The molecule has 0 amide bonds. The van der Waals surface area contributed by atoms with E-state index in [4.69, 9.17) is 63.5 Å². The summed E-state index contributed by atoms with van der Waals surface area (Å²) in [6.45, 7) is 0.991. The van der Waals surface area contributed by atoms with Gasteiger partial charge in [0.25, 0.3) is 18.1 Å². The predicted molar refractivity (Wildman–Crippen MR) is 122 cm³/mol. The first-order valence-electron chi connectivity index (χ1n) is 8.88. The van der Waals surface area contributed by atoms with Crippen molar-refractivity contribution < 1.29 is 35.8 Å². The van der Waals surface area contributed by atoms with Crippen LogP contribution in [-0.4, -0.2) is 56.5 Å². The number of hydrogen-bond acceptors (Lipinski definition) is 8. The zero-order valence-corrected chi connectivity index (χ0v) is 21.0.